The molecule has 0 unspecified atom stereocenters. The van der Waals surface area contributed by atoms with Crippen molar-refractivity contribution in [1.29, 1.82) is 0 Å². The minimum absolute atomic E-state index is 1.25. The lowest BCUT2D eigenvalue weighted by Crippen LogP contribution is -1.86. The van der Waals surface area contributed by atoms with Crippen molar-refractivity contribution in [2.75, 3.05) is 0 Å². The maximum atomic E-state index is 2.29. The summed E-state index contributed by atoms with van der Waals surface area (Å²) in [5, 5.41) is 2.65. The highest BCUT2D eigenvalue weighted by atomic mass is 14.9. The Morgan fingerprint density at radius 1 is 0.889 bits per heavy atom. The average Bonchev–Trinajstić information content (AvgIpc) is 2.88. The summed E-state index contributed by atoms with van der Waals surface area (Å²) in [6, 6.07) is 17.3. The second kappa shape index (κ2) is 3.36. The highest BCUT2D eigenvalue weighted by Gasteiger charge is 2.25. The molecule has 0 fully saturated rings. The molecular weight excluding hydrogens is 218 g/mol. The number of hydrogen-bond donors (Lipinski definition) is 0. The summed E-state index contributed by atoms with van der Waals surface area (Å²) in [5.74, 6) is 0. The number of benzene rings is 2. The fourth-order valence-electron chi connectivity index (χ4n) is 2.56. The molecule has 1 nitrogen and oxygen atoms in total. The summed E-state index contributed by atoms with van der Waals surface area (Å²) in [6.07, 6.45) is 4.35. The van der Waals surface area contributed by atoms with Crippen LogP contribution in [-0.4, -0.2) is 4.57 Å². The van der Waals surface area contributed by atoms with Crippen molar-refractivity contribution in [1.82, 2.24) is 4.57 Å². The summed E-state index contributed by atoms with van der Waals surface area (Å²) in [4.78, 5) is 0. The first-order valence-corrected chi connectivity index (χ1v) is 6.19. The molecule has 1 aliphatic carbocycles. The molecule has 0 aliphatic heterocycles. The fourth-order valence-corrected chi connectivity index (χ4v) is 2.56. The van der Waals surface area contributed by atoms with Crippen LogP contribution < -0.4 is 0 Å². The lowest BCUT2D eigenvalue weighted by atomic mass is 10.1. The van der Waals surface area contributed by atoms with Crippen LogP contribution >= 0.6 is 0 Å². The molecule has 1 aliphatic rings. The van der Waals surface area contributed by atoms with Crippen LogP contribution in [0.2, 0.25) is 0 Å². The van der Waals surface area contributed by atoms with Crippen molar-refractivity contribution in [3.05, 3.63) is 71.5 Å². The van der Waals surface area contributed by atoms with Gasteiger partial charge in [-0.25, -0.2) is 0 Å². The van der Waals surface area contributed by atoms with E-state index in [1.54, 1.807) is 0 Å². The van der Waals surface area contributed by atoms with Crippen LogP contribution in [0.15, 0.2) is 54.7 Å². The molecule has 2 aromatic carbocycles. The van der Waals surface area contributed by atoms with Crippen LogP contribution in [0.1, 0.15) is 16.8 Å². The monoisotopic (exact) mass is 231 g/mol. The topological polar surface area (TPSA) is 4.93 Å². The van der Waals surface area contributed by atoms with E-state index >= 15 is 0 Å². The third-order valence-corrected chi connectivity index (χ3v) is 3.68. The number of rotatable bonds is 1. The van der Waals surface area contributed by atoms with E-state index in [9.17, 15) is 0 Å². The Labute approximate surface area is 106 Å². The summed E-state index contributed by atoms with van der Waals surface area (Å²) in [7, 11) is 2.08. The molecule has 1 heteroatoms. The van der Waals surface area contributed by atoms with Gasteiger partial charge < -0.3 is 4.57 Å². The second-order valence-electron chi connectivity index (χ2n) is 4.85. The van der Waals surface area contributed by atoms with Gasteiger partial charge in [-0.05, 0) is 57.8 Å². The van der Waals surface area contributed by atoms with Crippen LogP contribution in [0.25, 0.3) is 22.4 Å². The van der Waals surface area contributed by atoms with E-state index in [-0.39, 0.29) is 0 Å². The zero-order chi connectivity index (χ0) is 12.1. The molecule has 18 heavy (non-hydrogen) atoms. The molecular formula is C17H13N. The maximum absolute atomic E-state index is 2.29. The van der Waals surface area contributed by atoms with Gasteiger partial charge >= 0.3 is 0 Å². The molecule has 4 rings (SSSR count). The van der Waals surface area contributed by atoms with Gasteiger partial charge in [-0.3, -0.25) is 0 Å². The highest BCUT2D eigenvalue weighted by Crippen LogP contribution is 2.45. The molecule has 1 aromatic heterocycles. The molecule has 0 saturated heterocycles. The highest BCUT2D eigenvalue weighted by molar-refractivity contribution is 6.11. The first kappa shape index (κ1) is 9.72. The van der Waals surface area contributed by atoms with Gasteiger partial charge in [0.1, 0.15) is 0 Å². The molecule has 0 atom stereocenters. The molecule has 3 aromatic rings. The van der Waals surface area contributed by atoms with E-state index in [4.69, 9.17) is 0 Å². The summed E-state index contributed by atoms with van der Waals surface area (Å²) >= 11 is 0. The van der Waals surface area contributed by atoms with Crippen LogP contribution in [0.5, 0.6) is 0 Å². The Balaban J connectivity index is 1.85. The Bertz CT molecular complexity index is 746. The molecule has 0 N–H and O–H groups in total. The van der Waals surface area contributed by atoms with Crippen molar-refractivity contribution in [3.63, 3.8) is 0 Å². The average molecular weight is 231 g/mol. The van der Waals surface area contributed by atoms with Crippen molar-refractivity contribution in [2.24, 2.45) is 7.05 Å². The van der Waals surface area contributed by atoms with Crippen molar-refractivity contribution >= 4 is 22.4 Å². The Kier molecular flexibility index (Phi) is 1.81. The quantitative estimate of drug-likeness (QED) is 0.465. The van der Waals surface area contributed by atoms with E-state index in [0.717, 1.165) is 0 Å². The first-order valence-electron chi connectivity index (χ1n) is 6.19. The molecule has 86 valence electrons. The molecule has 1 heterocycles. The smallest absolute Gasteiger partial charge is 0.0410 e. The number of fused-ring (bicyclic) bond motifs is 2. The number of nitrogens with zero attached hydrogens (tertiary/aromatic N) is 1. The fraction of sp³-hybridized carbons (Fsp3) is 0.0588. The molecule has 0 bridgehead atoms. The van der Waals surface area contributed by atoms with E-state index in [1.807, 2.05) is 0 Å². The zero-order valence-corrected chi connectivity index (χ0v) is 10.2. The summed E-state index contributed by atoms with van der Waals surface area (Å²) in [6.45, 7) is 0. The van der Waals surface area contributed by atoms with Gasteiger partial charge in [-0.1, -0.05) is 24.3 Å². The van der Waals surface area contributed by atoms with Gasteiger partial charge in [0, 0.05) is 18.9 Å². The molecule has 0 radical (unpaired) electrons. The Morgan fingerprint density at radius 3 is 2.11 bits per heavy atom. The van der Waals surface area contributed by atoms with Crippen molar-refractivity contribution in [3.8, 4) is 0 Å². The lowest BCUT2D eigenvalue weighted by molar-refractivity contribution is 0.915. The number of aromatic nitrogens is 1. The van der Waals surface area contributed by atoms with E-state index < -0.39 is 0 Å². The largest absolute Gasteiger partial charge is 0.351 e. The molecule has 0 saturated carbocycles. The Morgan fingerprint density at radius 2 is 1.56 bits per heavy atom. The van der Waals surface area contributed by atoms with Gasteiger partial charge in [0.15, 0.2) is 0 Å². The van der Waals surface area contributed by atoms with Crippen molar-refractivity contribution in [2.45, 2.75) is 0 Å². The normalized spacial score (nSPS) is 12.6. The number of hydrogen-bond acceptors (Lipinski definition) is 0. The predicted molar refractivity (Wildman–Crippen MR) is 76.3 cm³/mol. The van der Waals surface area contributed by atoms with Crippen LogP contribution in [0, 0.1) is 0 Å². The number of aryl methyl sites for hydroxylation is 1. The van der Waals surface area contributed by atoms with Gasteiger partial charge in [0.2, 0.25) is 0 Å². The van der Waals surface area contributed by atoms with Gasteiger partial charge in [0.05, 0.1) is 0 Å². The van der Waals surface area contributed by atoms with Crippen LogP contribution in [0.4, 0.5) is 0 Å². The third kappa shape index (κ3) is 1.34. The SMILES string of the molecule is Cn1cccc1C=C1c2cc3ccccc3cc21. The van der Waals surface area contributed by atoms with Gasteiger partial charge in [-0.15, -0.1) is 0 Å². The second-order valence-corrected chi connectivity index (χ2v) is 4.85. The van der Waals surface area contributed by atoms with Gasteiger partial charge in [-0.2, -0.15) is 0 Å². The lowest BCUT2D eigenvalue weighted by Gasteiger charge is -1.93. The molecule has 0 amide bonds. The minimum atomic E-state index is 1.25. The predicted octanol–water partition coefficient (Wildman–Crippen LogP) is 4.08. The van der Waals surface area contributed by atoms with E-state index in [2.05, 4.69) is 72.4 Å². The zero-order valence-electron chi connectivity index (χ0n) is 10.2. The summed E-state index contributed by atoms with van der Waals surface area (Å²) < 4.78 is 2.14. The van der Waals surface area contributed by atoms with E-state index in [0.29, 0.717) is 0 Å². The summed E-state index contributed by atoms with van der Waals surface area (Å²) in [5.41, 5.74) is 5.43. The van der Waals surface area contributed by atoms with Gasteiger partial charge in [0.25, 0.3) is 0 Å². The third-order valence-electron chi connectivity index (χ3n) is 3.68. The first-order chi connectivity index (χ1) is 8.83. The minimum Gasteiger partial charge on any atom is -0.351 e. The standard InChI is InChI=1S/C17H13N/c1-18-8-4-7-14(18)11-17-15-9-12-5-2-3-6-13(12)10-16(15)17/h2-11H,1H3. The van der Waals surface area contributed by atoms with E-state index in [1.165, 1.54) is 33.2 Å². The van der Waals surface area contributed by atoms with Crippen LogP contribution in [0.3, 0.4) is 0 Å². The molecule has 0 spiro atoms. The van der Waals surface area contributed by atoms with Crippen molar-refractivity contribution < 1.29 is 0 Å². The Hall–Kier alpha value is -2.28. The van der Waals surface area contributed by atoms with Crippen LogP contribution in [-0.2, 0) is 7.05 Å². The maximum Gasteiger partial charge on any atom is 0.0410 e.